The zero-order valence-electron chi connectivity index (χ0n) is 10.00. The fourth-order valence-corrected chi connectivity index (χ4v) is 1.56. The van der Waals surface area contributed by atoms with Gasteiger partial charge >= 0.3 is 0 Å². The van der Waals surface area contributed by atoms with E-state index in [1.54, 1.807) is 6.07 Å². The Kier molecular flexibility index (Phi) is 4.90. The first-order chi connectivity index (χ1) is 8.04. The highest BCUT2D eigenvalue weighted by Crippen LogP contribution is 2.26. The van der Waals surface area contributed by atoms with Crippen molar-refractivity contribution in [1.82, 2.24) is 5.32 Å². The van der Waals surface area contributed by atoms with Gasteiger partial charge in [-0.1, -0.05) is 13.0 Å². The van der Waals surface area contributed by atoms with Gasteiger partial charge in [0.25, 0.3) is 5.91 Å². The molecule has 0 aliphatic heterocycles. The number of nitrogens with two attached hydrogens (primary N) is 1. The molecule has 0 fully saturated rings. The van der Waals surface area contributed by atoms with Crippen molar-refractivity contribution in [2.24, 2.45) is 5.73 Å². The maximum atomic E-state index is 13.1. The lowest BCUT2D eigenvalue weighted by atomic mass is 10.1. The van der Waals surface area contributed by atoms with Crippen LogP contribution in [0.4, 0.5) is 4.39 Å². The molecule has 0 aromatic heterocycles. The first kappa shape index (κ1) is 13.4. The molecule has 1 unspecified atom stereocenters. The maximum absolute atomic E-state index is 13.1. The Morgan fingerprint density at radius 3 is 2.88 bits per heavy atom. The summed E-state index contributed by atoms with van der Waals surface area (Å²) in [7, 11) is 0. The standard InChI is InChI=1S/C12H17FN2O2/c1-3-15-8(2)10-5-4-9(13)6-11(10)17-7-12(14)16/h4-6,8,15H,3,7H2,1-2H3,(H2,14,16). The predicted octanol–water partition coefficient (Wildman–Crippen LogP) is 1.36. The number of primary amides is 1. The summed E-state index contributed by atoms with van der Waals surface area (Å²) in [6.45, 7) is 4.45. The van der Waals surface area contributed by atoms with Gasteiger partial charge in [0.05, 0.1) is 0 Å². The lowest BCUT2D eigenvalue weighted by Crippen LogP contribution is -2.22. The van der Waals surface area contributed by atoms with Gasteiger partial charge < -0.3 is 15.8 Å². The van der Waals surface area contributed by atoms with Crippen molar-refractivity contribution >= 4 is 5.91 Å². The third kappa shape index (κ3) is 4.03. The molecule has 0 radical (unpaired) electrons. The van der Waals surface area contributed by atoms with Crippen molar-refractivity contribution < 1.29 is 13.9 Å². The van der Waals surface area contributed by atoms with E-state index in [9.17, 15) is 9.18 Å². The predicted molar refractivity (Wildman–Crippen MR) is 63.2 cm³/mol. The number of ether oxygens (including phenoxy) is 1. The van der Waals surface area contributed by atoms with Gasteiger partial charge in [0.15, 0.2) is 6.61 Å². The van der Waals surface area contributed by atoms with Crippen LogP contribution in [-0.2, 0) is 4.79 Å². The molecule has 1 atom stereocenters. The molecule has 5 heteroatoms. The Bertz CT molecular complexity index is 396. The van der Waals surface area contributed by atoms with Gasteiger partial charge in [-0.05, 0) is 19.5 Å². The number of hydrogen-bond donors (Lipinski definition) is 2. The van der Waals surface area contributed by atoms with Gasteiger partial charge in [0.2, 0.25) is 0 Å². The van der Waals surface area contributed by atoms with Gasteiger partial charge in [-0.2, -0.15) is 0 Å². The molecule has 0 spiro atoms. The Hall–Kier alpha value is -1.62. The zero-order chi connectivity index (χ0) is 12.8. The van der Waals surface area contributed by atoms with Crippen molar-refractivity contribution in [2.45, 2.75) is 19.9 Å². The van der Waals surface area contributed by atoms with Crippen molar-refractivity contribution in [3.8, 4) is 5.75 Å². The Balaban J connectivity index is 2.90. The van der Waals surface area contributed by atoms with Crippen LogP contribution in [0, 0.1) is 5.82 Å². The molecule has 0 saturated heterocycles. The van der Waals surface area contributed by atoms with E-state index in [0.717, 1.165) is 12.1 Å². The van der Waals surface area contributed by atoms with Gasteiger partial charge in [-0.3, -0.25) is 4.79 Å². The quantitative estimate of drug-likeness (QED) is 0.789. The molecule has 94 valence electrons. The first-order valence-electron chi connectivity index (χ1n) is 5.48. The largest absolute Gasteiger partial charge is 0.483 e. The van der Waals surface area contributed by atoms with Gasteiger partial charge in [-0.25, -0.2) is 4.39 Å². The lowest BCUT2D eigenvalue weighted by Gasteiger charge is -2.17. The summed E-state index contributed by atoms with van der Waals surface area (Å²) in [4.78, 5) is 10.7. The zero-order valence-corrected chi connectivity index (χ0v) is 10.00. The van der Waals surface area contributed by atoms with Crippen LogP contribution in [0.3, 0.4) is 0 Å². The minimum absolute atomic E-state index is 0.0171. The summed E-state index contributed by atoms with van der Waals surface area (Å²) in [6, 6.07) is 4.27. The van der Waals surface area contributed by atoms with E-state index in [-0.39, 0.29) is 12.6 Å². The molecule has 0 aliphatic carbocycles. The Morgan fingerprint density at radius 1 is 1.59 bits per heavy atom. The summed E-state index contributed by atoms with van der Waals surface area (Å²) in [5.41, 5.74) is 5.79. The molecule has 0 saturated carbocycles. The van der Waals surface area contributed by atoms with E-state index in [2.05, 4.69) is 5.32 Å². The van der Waals surface area contributed by atoms with Crippen LogP contribution in [0.5, 0.6) is 5.75 Å². The van der Waals surface area contributed by atoms with E-state index in [1.807, 2.05) is 13.8 Å². The topological polar surface area (TPSA) is 64.3 Å². The number of carbonyl (C=O) groups is 1. The number of rotatable bonds is 6. The van der Waals surface area contributed by atoms with Gasteiger partial charge in [0, 0.05) is 17.7 Å². The maximum Gasteiger partial charge on any atom is 0.255 e. The van der Waals surface area contributed by atoms with E-state index in [0.29, 0.717) is 5.75 Å². The highest BCUT2D eigenvalue weighted by molar-refractivity contribution is 5.75. The SMILES string of the molecule is CCNC(C)c1ccc(F)cc1OCC(N)=O. The van der Waals surface area contributed by atoms with Crippen molar-refractivity contribution in [3.05, 3.63) is 29.6 Å². The summed E-state index contributed by atoms with van der Waals surface area (Å²) in [5.74, 6) is -0.648. The van der Waals surface area contributed by atoms with Crippen LogP contribution < -0.4 is 15.8 Å². The van der Waals surface area contributed by atoms with Gasteiger partial charge in [-0.15, -0.1) is 0 Å². The molecule has 4 nitrogen and oxygen atoms in total. The van der Waals surface area contributed by atoms with Crippen molar-refractivity contribution in [3.63, 3.8) is 0 Å². The average molecular weight is 240 g/mol. The molecule has 1 amide bonds. The third-order valence-corrected chi connectivity index (χ3v) is 2.32. The summed E-state index contributed by atoms with van der Waals surface area (Å²) in [5, 5.41) is 3.19. The van der Waals surface area contributed by atoms with Crippen LogP contribution in [0.15, 0.2) is 18.2 Å². The molecule has 0 aliphatic rings. The normalized spacial score (nSPS) is 12.2. The summed E-state index contributed by atoms with van der Waals surface area (Å²) < 4.78 is 18.3. The van der Waals surface area contributed by atoms with Crippen molar-refractivity contribution in [1.29, 1.82) is 0 Å². The Labute approximate surface area is 100.0 Å². The molecule has 3 N–H and O–H groups in total. The highest BCUT2D eigenvalue weighted by Gasteiger charge is 2.12. The lowest BCUT2D eigenvalue weighted by molar-refractivity contribution is -0.119. The number of benzene rings is 1. The fourth-order valence-electron chi connectivity index (χ4n) is 1.56. The molecular formula is C12H17FN2O2. The highest BCUT2D eigenvalue weighted by atomic mass is 19.1. The third-order valence-electron chi connectivity index (χ3n) is 2.32. The number of halogens is 1. The summed E-state index contributed by atoms with van der Waals surface area (Å²) >= 11 is 0. The molecule has 1 aromatic rings. The van der Waals surface area contributed by atoms with Crippen LogP contribution in [-0.4, -0.2) is 19.1 Å². The molecular weight excluding hydrogens is 223 g/mol. The second kappa shape index (κ2) is 6.20. The Morgan fingerprint density at radius 2 is 2.29 bits per heavy atom. The minimum atomic E-state index is -0.587. The van der Waals surface area contributed by atoms with Crippen LogP contribution in [0.2, 0.25) is 0 Å². The van der Waals surface area contributed by atoms with Crippen LogP contribution >= 0.6 is 0 Å². The second-order valence-corrected chi connectivity index (χ2v) is 3.72. The monoisotopic (exact) mass is 240 g/mol. The van der Waals surface area contributed by atoms with Crippen LogP contribution in [0.25, 0.3) is 0 Å². The average Bonchev–Trinajstić information content (AvgIpc) is 2.26. The van der Waals surface area contributed by atoms with E-state index in [1.165, 1.54) is 12.1 Å². The molecule has 17 heavy (non-hydrogen) atoms. The van der Waals surface area contributed by atoms with E-state index >= 15 is 0 Å². The molecule has 1 aromatic carbocycles. The number of amides is 1. The summed E-state index contributed by atoms with van der Waals surface area (Å²) in [6.07, 6.45) is 0. The smallest absolute Gasteiger partial charge is 0.255 e. The van der Waals surface area contributed by atoms with Crippen molar-refractivity contribution in [2.75, 3.05) is 13.2 Å². The first-order valence-corrected chi connectivity index (χ1v) is 5.48. The van der Waals surface area contributed by atoms with E-state index in [4.69, 9.17) is 10.5 Å². The fraction of sp³-hybridized carbons (Fsp3) is 0.417. The number of hydrogen-bond acceptors (Lipinski definition) is 3. The number of carbonyl (C=O) groups excluding carboxylic acids is 1. The minimum Gasteiger partial charge on any atom is -0.483 e. The molecule has 0 bridgehead atoms. The number of nitrogens with one attached hydrogen (secondary N) is 1. The molecule has 0 heterocycles. The van der Waals surface area contributed by atoms with Crippen LogP contribution in [0.1, 0.15) is 25.5 Å². The van der Waals surface area contributed by atoms with E-state index < -0.39 is 11.7 Å². The molecule has 1 rings (SSSR count). The second-order valence-electron chi connectivity index (χ2n) is 3.72. The van der Waals surface area contributed by atoms with Gasteiger partial charge in [0.1, 0.15) is 11.6 Å².